The van der Waals surface area contributed by atoms with Gasteiger partial charge in [0.1, 0.15) is 5.82 Å². The number of rotatable bonds is 8. The van der Waals surface area contributed by atoms with Gasteiger partial charge < -0.3 is 15.0 Å². The van der Waals surface area contributed by atoms with Crippen molar-refractivity contribution in [2.75, 3.05) is 45.2 Å². The van der Waals surface area contributed by atoms with E-state index in [1.807, 2.05) is 17.7 Å². The minimum atomic E-state index is -0.157. The molecule has 1 fully saturated rings. The summed E-state index contributed by atoms with van der Waals surface area (Å²) in [6, 6.07) is 1.75. The zero-order chi connectivity index (χ0) is 17.5. The number of ether oxygens (including phenoxy) is 1. The number of anilines is 1. The van der Waals surface area contributed by atoms with Crippen LogP contribution in [0.25, 0.3) is 0 Å². The van der Waals surface area contributed by atoms with Gasteiger partial charge in [0, 0.05) is 39.4 Å². The summed E-state index contributed by atoms with van der Waals surface area (Å²) in [4.78, 5) is 14.6. The van der Waals surface area contributed by atoms with Crippen molar-refractivity contribution in [3.8, 4) is 0 Å². The van der Waals surface area contributed by atoms with Crippen LogP contribution in [0.15, 0.2) is 6.07 Å². The molecule has 2 rings (SSSR count). The topological polar surface area (TPSA) is 71.4 Å². The lowest BCUT2D eigenvalue weighted by Gasteiger charge is -2.16. The molecule has 0 saturated carbocycles. The first kappa shape index (κ1) is 18.7. The molecule has 0 bridgehead atoms. The summed E-state index contributed by atoms with van der Waals surface area (Å²) in [7, 11) is 1.73. The molecule has 0 aliphatic carbocycles. The van der Waals surface area contributed by atoms with Gasteiger partial charge in [0.2, 0.25) is 0 Å². The SMILES string of the molecule is COCCN1CC[C@H](CNC(=O)Nc2cc(C)nn2CC(C)C)C1. The van der Waals surface area contributed by atoms with E-state index in [1.165, 1.54) is 0 Å². The highest BCUT2D eigenvalue weighted by molar-refractivity contribution is 5.88. The Labute approximate surface area is 144 Å². The van der Waals surface area contributed by atoms with Crippen LogP contribution >= 0.6 is 0 Å². The van der Waals surface area contributed by atoms with Crippen LogP contribution in [0.5, 0.6) is 0 Å². The van der Waals surface area contributed by atoms with E-state index in [-0.39, 0.29) is 6.03 Å². The first-order valence-electron chi connectivity index (χ1n) is 8.78. The van der Waals surface area contributed by atoms with Crippen LogP contribution in [0.4, 0.5) is 10.6 Å². The average Bonchev–Trinajstić information content (AvgIpc) is 3.09. The first-order chi connectivity index (χ1) is 11.5. The lowest BCUT2D eigenvalue weighted by molar-refractivity contribution is 0.159. The van der Waals surface area contributed by atoms with E-state index >= 15 is 0 Å². The molecular weight excluding hydrogens is 306 g/mol. The molecule has 1 aliphatic rings. The number of carbonyl (C=O) groups excluding carboxylic acids is 1. The Morgan fingerprint density at radius 2 is 2.29 bits per heavy atom. The van der Waals surface area contributed by atoms with Gasteiger partial charge in [-0.25, -0.2) is 9.48 Å². The minimum absolute atomic E-state index is 0.157. The molecule has 2 heterocycles. The number of hydrogen-bond acceptors (Lipinski definition) is 4. The highest BCUT2D eigenvalue weighted by Crippen LogP contribution is 2.15. The van der Waals surface area contributed by atoms with Crippen molar-refractivity contribution in [2.24, 2.45) is 11.8 Å². The second-order valence-corrected chi connectivity index (χ2v) is 7.03. The number of nitrogens with one attached hydrogen (secondary N) is 2. The molecule has 24 heavy (non-hydrogen) atoms. The number of likely N-dealkylation sites (tertiary alicyclic amines) is 1. The summed E-state index contributed by atoms with van der Waals surface area (Å²) >= 11 is 0. The Morgan fingerprint density at radius 1 is 1.50 bits per heavy atom. The van der Waals surface area contributed by atoms with E-state index < -0.39 is 0 Å². The average molecular weight is 337 g/mol. The van der Waals surface area contributed by atoms with Crippen molar-refractivity contribution in [1.29, 1.82) is 0 Å². The maximum Gasteiger partial charge on any atom is 0.320 e. The van der Waals surface area contributed by atoms with Crippen LogP contribution in [0.1, 0.15) is 26.0 Å². The predicted octanol–water partition coefficient (Wildman–Crippen LogP) is 1.94. The molecule has 7 nitrogen and oxygen atoms in total. The summed E-state index contributed by atoms with van der Waals surface area (Å²) in [5.41, 5.74) is 0.913. The van der Waals surface area contributed by atoms with Crippen molar-refractivity contribution in [2.45, 2.75) is 33.7 Å². The molecule has 2 N–H and O–H groups in total. The quantitative estimate of drug-likeness (QED) is 0.760. The van der Waals surface area contributed by atoms with Crippen LogP contribution in [0.3, 0.4) is 0 Å². The van der Waals surface area contributed by atoms with Gasteiger partial charge in [0.25, 0.3) is 0 Å². The van der Waals surface area contributed by atoms with Gasteiger partial charge in [-0.3, -0.25) is 5.32 Å². The zero-order valence-electron chi connectivity index (χ0n) is 15.3. The fourth-order valence-electron chi connectivity index (χ4n) is 3.03. The first-order valence-corrected chi connectivity index (χ1v) is 8.78. The van der Waals surface area contributed by atoms with Crippen molar-refractivity contribution >= 4 is 11.8 Å². The molecule has 1 aromatic rings. The molecule has 136 valence electrons. The van der Waals surface area contributed by atoms with Gasteiger partial charge in [0.05, 0.1) is 12.3 Å². The minimum Gasteiger partial charge on any atom is -0.383 e. The Hall–Kier alpha value is -1.60. The Balaban J connectivity index is 1.76. The summed E-state index contributed by atoms with van der Waals surface area (Å²) in [6.45, 7) is 11.5. The normalized spacial score (nSPS) is 18.3. The summed E-state index contributed by atoms with van der Waals surface area (Å²) in [6.07, 6.45) is 1.12. The molecule has 0 aromatic carbocycles. The molecule has 0 unspecified atom stereocenters. The number of hydrogen-bond donors (Lipinski definition) is 2. The van der Waals surface area contributed by atoms with E-state index in [4.69, 9.17) is 4.74 Å². The van der Waals surface area contributed by atoms with E-state index in [9.17, 15) is 4.79 Å². The predicted molar refractivity (Wildman–Crippen MR) is 95.2 cm³/mol. The van der Waals surface area contributed by atoms with E-state index in [0.717, 1.165) is 50.7 Å². The third kappa shape index (κ3) is 5.79. The highest BCUT2D eigenvalue weighted by atomic mass is 16.5. The monoisotopic (exact) mass is 337 g/mol. The van der Waals surface area contributed by atoms with Gasteiger partial charge in [-0.05, 0) is 31.7 Å². The fourth-order valence-corrected chi connectivity index (χ4v) is 3.03. The molecular formula is C17H31N5O2. The smallest absolute Gasteiger partial charge is 0.320 e. The number of aromatic nitrogens is 2. The summed E-state index contributed by atoms with van der Waals surface area (Å²) in [5.74, 6) is 1.74. The maximum atomic E-state index is 12.2. The van der Waals surface area contributed by atoms with Crippen molar-refractivity contribution < 1.29 is 9.53 Å². The molecule has 1 aliphatic heterocycles. The molecule has 0 radical (unpaired) electrons. The van der Waals surface area contributed by atoms with Gasteiger partial charge in [0.15, 0.2) is 0 Å². The molecule has 1 atom stereocenters. The third-order valence-corrected chi connectivity index (χ3v) is 4.21. The Kier molecular flexibility index (Phi) is 7.05. The number of aryl methyl sites for hydroxylation is 1. The second-order valence-electron chi connectivity index (χ2n) is 7.03. The van der Waals surface area contributed by atoms with Gasteiger partial charge in [-0.1, -0.05) is 13.8 Å². The number of methoxy groups -OCH3 is 1. The zero-order valence-corrected chi connectivity index (χ0v) is 15.3. The standard InChI is InChI=1S/C17H31N5O2/c1-13(2)11-22-16(9-14(3)20-22)19-17(23)18-10-15-5-6-21(12-15)7-8-24-4/h9,13,15H,5-8,10-12H2,1-4H3,(H2,18,19,23)/t15-/m1/s1. The van der Waals surface area contributed by atoms with Gasteiger partial charge >= 0.3 is 6.03 Å². The number of nitrogens with zero attached hydrogens (tertiary/aromatic N) is 3. The lowest BCUT2D eigenvalue weighted by atomic mass is 10.1. The largest absolute Gasteiger partial charge is 0.383 e. The molecule has 0 spiro atoms. The molecule has 2 amide bonds. The fraction of sp³-hybridized carbons (Fsp3) is 0.765. The third-order valence-electron chi connectivity index (χ3n) is 4.21. The van der Waals surface area contributed by atoms with E-state index in [1.54, 1.807) is 7.11 Å². The van der Waals surface area contributed by atoms with E-state index in [0.29, 0.717) is 18.4 Å². The second kappa shape index (κ2) is 9.03. The van der Waals surface area contributed by atoms with Crippen molar-refractivity contribution in [1.82, 2.24) is 20.0 Å². The van der Waals surface area contributed by atoms with E-state index in [2.05, 4.69) is 34.5 Å². The lowest BCUT2D eigenvalue weighted by Crippen LogP contribution is -2.35. The Bertz CT molecular complexity index is 529. The number of amides is 2. The molecule has 7 heteroatoms. The highest BCUT2D eigenvalue weighted by Gasteiger charge is 2.22. The molecule has 1 aromatic heterocycles. The van der Waals surface area contributed by atoms with Gasteiger partial charge in [-0.15, -0.1) is 0 Å². The van der Waals surface area contributed by atoms with Crippen LogP contribution in [0, 0.1) is 18.8 Å². The van der Waals surface area contributed by atoms with Crippen LogP contribution in [-0.2, 0) is 11.3 Å². The van der Waals surface area contributed by atoms with Crippen LogP contribution in [-0.4, -0.2) is 60.6 Å². The Morgan fingerprint density at radius 3 is 3.00 bits per heavy atom. The number of urea groups is 1. The van der Waals surface area contributed by atoms with Crippen molar-refractivity contribution in [3.63, 3.8) is 0 Å². The van der Waals surface area contributed by atoms with Crippen molar-refractivity contribution in [3.05, 3.63) is 11.8 Å². The summed E-state index contributed by atoms with van der Waals surface area (Å²) in [5, 5.41) is 10.3. The van der Waals surface area contributed by atoms with Gasteiger partial charge in [-0.2, -0.15) is 5.10 Å². The molecule has 1 saturated heterocycles. The number of carbonyl (C=O) groups is 1. The van der Waals surface area contributed by atoms with Crippen LogP contribution in [0.2, 0.25) is 0 Å². The maximum absolute atomic E-state index is 12.2. The summed E-state index contributed by atoms with van der Waals surface area (Å²) < 4.78 is 6.98. The van der Waals surface area contributed by atoms with Crippen LogP contribution < -0.4 is 10.6 Å².